The molecule has 0 spiro atoms. The van der Waals surface area contributed by atoms with Crippen LogP contribution in [0, 0.1) is 0 Å². The Bertz CT molecular complexity index is 349. The van der Waals surface area contributed by atoms with Gasteiger partial charge in [0.1, 0.15) is 0 Å². The number of hydrogen-bond acceptors (Lipinski definition) is 2. The Morgan fingerprint density at radius 3 is 3.06 bits per heavy atom. The van der Waals surface area contributed by atoms with Gasteiger partial charge in [0.25, 0.3) is 0 Å². The first-order chi connectivity index (χ1) is 7.81. The third-order valence-electron chi connectivity index (χ3n) is 3.35. The van der Waals surface area contributed by atoms with Crippen LogP contribution >= 0.6 is 0 Å². The molecule has 1 aromatic heterocycles. The second-order valence-electron chi connectivity index (χ2n) is 4.71. The van der Waals surface area contributed by atoms with Crippen molar-refractivity contribution in [2.45, 2.75) is 58.0 Å². The summed E-state index contributed by atoms with van der Waals surface area (Å²) in [6.07, 6.45) is 7.32. The average Bonchev–Trinajstić information content (AvgIpc) is 2.49. The van der Waals surface area contributed by atoms with Crippen molar-refractivity contribution in [2.24, 2.45) is 0 Å². The van der Waals surface area contributed by atoms with Crippen LogP contribution in [-0.4, -0.2) is 10.1 Å². The van der Waals surface area contributed by atoms with E-state index in [9.17, 15) is 5.11 Å². The molecule has 2 nitrogen and oxygen atoms in total. The number of aliphatic hydroxyl groups is 1. The predicted molar refractivity (Wildman–Crippen MR) is 65.4 cm³/mol. The molecule has 1 heterocycles. The lowest BCUT2D eigenvalue weighted by Crippen LogP contribution is -2.05. The minimum Gasteiger partial charge on any atom is -0.387 e. The fraction of sp³-hybridized carbons (Fsp3) is 0.643. The highest BCUT2D eigenvalue weighted by molar-refractivity contribution is 5.26. The fourth-order valence-corrected chi connectivity index (χ4v) is 2.33. The summed E-state index contributed by atoms with van der Waals surface area (Å²) in [5, 5.41) is 10.0. The number of aryl methyl sites for hydroxylation is 2. The normalized spacial score (nSPS) is 20.2. The van der Waals surface area contributed by atoms with Crippen LogP contribution in [0.1, 0.15) is 62.1 Å². The van der Waals surface area contributed by atoms with Gasteiger partial charge in [0.05, 0.1) is 11.8 Å². The lowest BCUT2D eigenvalue weighted by atomic mass is 10.1. The van der Waals surface area contributed by atoms with Gasteiger partial charge in [0.15, 0.2) is 0 Å². The summed E-state index contributed by atoms with van der Waals surface area (Å²) in [4.78, 5) is 4.64. The zero-order valence-electron chi connectivity index (χ0n) is 10.1. The number of unbranched alkanes of at least 4 members (excludes halogenated alkanes) is 1. The van der Waals surface area contributed by atoms with E-state index in [0.29, 0.717) is 0 Å². The molecule has 0 aromatic carbocycles. The van der Waals surface area contributed by atoms with Crippen molar-refractivity contribution >= 4 is 0 Å². The van der Waals surface area contributed by atoms with Crippen molar-refractivity contribution in [1.82, 2.24) is 4.98 Å². The first-order valence-corrected chi connectivity index (χ1v) is 6.48. The molecule has 88 valence electrons. The van der Waals surface area contributed by atoms with Crippen LogP contribution in [0.2, 0.25) is 0 Å². The molecular formula is C14H21NO. The summed E-state index contributed by atoms with van der Waals surface area (Å²) in [6, 6.07) is 4.30. The van der Waals surface area contributed by atoms with Crippen molar-refractivity contribution in [3.63, 3.8) is 0 Å². The number of pyridine rings is 1. The van der Waals surface area contributed by atoms with Gasteiger partial charge in [-0.15, -0.1) is 0 Å². The number of aliphatic hydroxyl groups excluding tert-OH is 1. The van der Waals surface area contributed by atoms with Gasteiger partial charge in [-0.3, -0.25) is 4.98 Å². The van der Waals surface area contributed by atoms with E-state index in [0.717, 1.165) is 37.1 Å². The van der Waals surface area contributed by atoms with Crippen LogP contribution in [0.15, 0.2) is 12.1 Å². The van der Waals surface area contributed by atoms with E-state index >= 15 is 0 Å². The second kappa shape index (κ2) is 5.44. The molecule has 1 unspecified atom stereocenters. The van der Waals surface area contributed by atoms with E-state index in [1.165, 1.54) is 24.8 Å². The number of aromatic nitrogens is 1. The average molecular weight is 219 g/mol. The Morgan fingerprint density at radius 2 is 2.25 bits per heavy atom. The van der Waals surface area contributed by atoms with E-state index < -0.39 is 0 Å². The maximum absolute atomic E-state index is 10.0. The Labute approximate surface area is 97.7 Å². The van der Waals surface area contributed by atoms with Gasteiger partial charge in [-0.1, -0.05) is 25.8 Å². The molecule has 0 radical (unpaired) electrons. The van der Waals surface area contributed by atoms with Crippen molar-refractivity contribution in [1.29, 1.82) is 0 Å². The molecule has 2 rings (SSSR count). The van der Waals surface area contributed by atoms with Crippen LogP contribution in [0.3, 0.4) is 0 Å². The topological polar surface area (TPSA) is 33.1 Å². The second-order valence-corrected chi connectivity index (χ2v) is 4.71. The molecule has 1 aromatic rings. The largest absolute Gasteiger partial charge is 0.387 e. The molecule has 0 amide bonds. The molecule has 0 saturated heterocycles. The summed E-state index contributed by atoms with van der Waals surface area (Å²) in [5.74, 6) is 0. The zero-order valence-corrected chi connectivity index (χ0v) is 10.1. The number of rotatable bonds is 3. The highest BCUT2D eigenvalue weighted by atomic mass is 16.3. The molecule has 0 aliphatic heterocycles. The van der Waals surface area contributed by atoms with Crippen LogP contribution in [-0.2, 0) is 12.8 Å². The first kappa shape index (κ1) is 11.6. The van der Waals surface area contributed by atoms with Crippen molar-refractivity contribution in [3.05, 3.63) is 29.1 Å². The van der Waals surface area contributed by atoms with E-state index in [1.54, 1.807) is 0 Å². The smallest absolute Gasteiger partial charge is 0.0962 e. The number of hydrogen-bond donors (Lipinski definition) is 1. The molecule has 1 aliphatic rings. The monoisotopic (exact) mass is 219 g/mol. The standard InChI is InChI=1S/C14H21NO/c1-2-3-7-12-10-9-11-6-4-5-8-13(16)14(11)15-12/h9-10,13,16H,2-8H2,1H3. The molecule has 16 heavy (non-hydrogen) atoms. The lowest BCUT2D eigenvalue weighted by molar-refractivity contribution is 0.162. The van der Waals surface area contributed by atoms with Gasteiger partial charge >= 0.3 is 0 Å². The highest BCUT2D eigenvalue weighted by Crippen LogP contribution is 2.27. The SMILES string of the molecule is CCCCc1ccc2c(n1)C(O)CCCC2. The summed E-state index contributed by atoms with van der Waals surface area (Å²) < 4.78 is 0. The molecule has 0 saturated carbocycles. The lowest BCUT2D eigenvalue weighted by Gasteiger charge is -2.12. The fourth-order valence-electron chi connectivity index (χ4n) is 2.33. The van der Waals surface area contributed by atoms with Crippen LogP contribution < -0.4 is 0 Å². The third-order valence-corrected chi connectivity index (χ3v) is 3.35. The van der Waals surface area contributed by atoms with Crippen molar-refractivity contribution in [3.8, 4) is 0 Å². The number of fused-ring (bicyclic) bond motifs is 1. The minimum atomic E-state index is -0.334. The van der Waals surface area contributed by atoms with Gasteiger partial charge in [-0.2, -0.15) is 0 Å². The zero-order chi connectivity index (χ0) is 11.4. The summed E-state index contributed by atoms with van der Waals surface area (Å²) in [7, 11) is 0. The van der Waals surface area contributed by atoms with E-state index in [2.05, 4.69) is 24.0 Å². The predicted octanol–water partition coefficient (Wildman–Crippen LogP) is 3.18. The summed E-state index contributed by atoms with van der Waals surface area (Å²) in [6.45, 7) is 2.19. The number of nitrogens with zero attached hydrogens (tertiary/aromatic N) is 1. The molecule has 1 aliphatic carbocycles. The Kier molecular flexibility index (Phi) is 3.94. The first-order valence-electron chi connectivity index (χ1n) is 6.48. The molecule has 0 bridgehead atoms. The van der Waals surface area contributed by atoms with E-state index in [-0.39, 0.29) is 6.10 Å². The van der Waals surface area contributed by atoms with E-state index in [4.69, 9.17) is 0 Å². The summed E-state index contributed by atoms with van der Waals surface area (Å²) >= 11 is 0. The van der Waals surface area contributed by atoms with Crippen LogP contribution in [0.4, 0.5) is 0 Å². The Hall–Kier alpha value is -0.890. The van der Waals surface area contributed by atoms with E-state index in [1.807, 2.05) is 0 Å². The molecule has 1 N–H and O–H groups in total. The van der Waals surface area contributed by atoms with Gasteiger partial charge in [-0.05, 0) is 43.7 Å². The van der Waals surface area contributed by atoms with Gasteiger partial charge in [0.2, 0.25) is 0 Å². The minimum absolute atomic E-state index is 0.334. The van der Waals surface area contributed by atoms with Crippen LogP contribution in [0.5, 0.6) is 0 Å². The maximum atomic E-state index is 10.0. The maximum Gasteiger partial charge on any atom is 0.0962 e. The van der Waals surface area contributed by atoms with Gasteiger partial charge < -0.3 is 5.11 Å². The van der Waals surface area contributed by atoms with Crippen molar-refractivity contribution < 1.29 is 5.11 Å². The van der Waals surface area contributed by atoms with Gasteiger partial charge in [0, 0.05) is 5.69 Å². The molecule has 2 heteroatoms. The van der Waals surface area contributed by atoms with Gasteiger partial charge in [-0.25, -0.2) is 0 Å². The molecule has 1 atom stereocenters. The Morgan fingerprint density at radius 1 is 1.38 bits per heavy atom. The molecular weight excluding hydrogens is 198 g/mol. The third kappa shape index (κ3) is 2.62. The quantitative estimate of drug-likeness (QED) is 0.792. The highest BCUT2D eigenvalue weighted by Gasteiger charge is 2.17. The van der Waals surface area contributed by atoms with Crippen LogP contribution in [0.25, 0.3) is 0 Å². The molecule has 0 fully saturated rings. The Balaban J connectivity index is 2.21. The summed E-state index contributed by atoms with van der Waals surface area (Å²) in [5.41, 5.74) is 3.35. The van der Waals surface area contributed by atoms with Crippen molar-refractivity contribution in [2.75, 3.05) is 0 Å².